The van der Waals surface area contributed by atoms with Gasteiger partial charge in [0.2, 0.25) is 5.91 Å². The Bertz CT molecular complexity index is 661. The highest BCUT2D eigenvalue weighted by Crippen LogP contribution is 2.22. The molecule has 0 fully saturated rings. The quantitative estimate of drug-likeness (QED) is 0.852. The zero-order chi connectivity index (χ0) is 16.7. The molecule has 0 aromatic heterocycles. The van der Waals surface area contributed by atoms with Crippen LogP contribution in [0.1, 0.15) is 12.5 Å². The third kappa shape index (κ3) is 4.79. The molecule has 0 aliphatic rings. The molecule has 0 aliphatic heterocycles. The fourth-order valence-corrected chi connectivity index (χ4v) is 2.29. The van der Waals surface area contributed by atoms with Crippen molar-refractivity contribution in [1.82, 2.24) is 4.90 Å². The van der Waals surface area contributed by atoms with E-state index < -0.39 is 0 Å². The van der Waals surface area contributed by atoms with E-state index in [1.54, 1.807) is 37.4 Å². The van der Waals surface area contributed by atoms with Gasteiger partial charge in [0, 0.05) is 12.1 Å². The molecule has 2 aromatic carbocycles. The predicted octanol–water partition coefficient (Wildman–Crippen LogP) is 3.29. The lowest BCUT2D eigenvalue weighted by Gasteiger charge is -2.20. The van der Waals surface area contributed by atoms with Crippen LogP contribution in [0.2, 0.25) is 0 Å². The van der Waals surface area contributed by atoms with E-state index in [9.17, 15) is 9.18 Å². The van der Waals surface area contributed by atoms with Gasteiger partial charge in [0.1, 0.15) is 11.6 Å². The van der Waals surface area contributed by atoms with Crippen LogP contribution in [0.3, 0.4) is 0 Å². The largest absolute Gasteiger partial charge is 0.495 e. The van der Waals surface area contributed by atoms with E-state index >= 15 is 0 Å². The van der Waals surface area contributed by atoms with E-state index in [-0.39, 0.29) is 18.3 Å². The van der Waals surface area contributed by atoms with Crippen LogP contribution in [0.5, 0.6) is 5.75 Å². The van der Waals surface area contributed by atoms with Crippen LogP contribution < -0.4 is 10.1 Å². The Morgan fingerprint density at radius 3 is 2.57 bits per heavy atom. The van der Waals surface area contributed by atoms with Crippen molar-refractivity contribution in [3.8, 4) is 5.75 Å². The lowest BCUT2D eigenvalue weighted by Crippen LogP contribution is -2.33. The van der Waals surface area contributed by atoms with E-state index in [0.29, 0.717) is 30.1 Å². The third-order valence-electron chi connectivity index (χ3n) is 3.55. The molecule has 0 unspecified atom stereocenters. The van der Waals surface area contributed by atoms with Gasteiger partial charge in [-0.3, -0.25) is 9.69 Å². The molecular formula is C18H21FN2O2. The summed E-state index contributed by atoms with van der Waals surface area (Å²) in [6.07, 6.45) is 0. The number of hydrogen-bond donors (Lipinski definition) is 1. The Labute approximate surface area is 135 Å². The van der Waals surface area contributed by atoms with Crippen LogP contribution >= 0.6 is 0 Å². The number of carbonyl (C=O) groups excluding carboxylic acids is 1. The topological polar surface area (TPSA) is 41.6 Å². The molecule has 1 amide bonds. The number of carbonyl (C=O) groups is 1. The van der Waals surface area contributed by atoms with Crippen LogP contribution in [-0.4, -0.2) is 31.0 Å². The lowest BCUT2D eigenvalue weighted by atomic mass is 10.2. The second kappa shape index (κ2) is 8.29. The highest BCUT2D eigenvalue weighted by Gasteiger charge is 2.13. The minimum atomic E-state index is -0.254. The van der Waals surface area contributed by atoms with Crippen molar-refractivity contribution in [3.63, 3.8) is 0 Å². The second-order valence-corrected chi connectivity index (χ2v) is 5.14. The zero-order valence-electron chi connectivity index (χ0n) is 13.4. The molecular weight excluding hydrogens is 295 g/mol. The molecule has 0 heterocycles. The zero-order valence-corrected chi connectivity index (χ0v) is 13.4. The Kier molecular flexibility index (Phi) is 6.11. The number of amides is 1. The molecule has 0 spiro atoms. The fourth-order valence-electron chi connectivity index (χ4n) is 2.29. The monoisotopic (exact) mass is 316 g/mol. The minimum Gasteiger partial charge on any atom is -0.495 e. The number of hydrogen-bond acceptors (Lipinski definition) is 3. The molecule has 23 heavy (non-hydrogen) atoms. The van der Waals surface area contributed by atoms with Gasteiger partial charge in [-0.05, 0) is 24.7 Å². The van der Waals surface area contributed by atoms with Crippen LogP contribution in [0.25, 0.3) is 0 Å². The molecule has 2 rings (SSSR count). The van der Waals surface area contributed by atoms with Gasteiger partial charge in [-0.15, -0.1) is 0 Å². The first-order valence-electron chi connectivity index (χ1n) is 7.52. The Balaban J connectivity index is 1.98. The van der Waals surface area contributed by atoms with Gasteiger partial charge < -0.3 is 10.1 Å². The van der Waals surface area contributed by atoms with E-state index in [0.717, 1.165) is 0 Å². The van der Waals surface area contributed by atoms with Gasteiger partial charge in [0.25, 0.3) is 0 Å². The van der Waals surface area contributed by atoms with Crippen LogP contribution in [0.4, 0.5) is 10.1 Å². The summed E-state index contributed by atoms with van der Waals surface area (Å²) in [6.45, 7) is 3.16. The molecule has 0 radical (unpaired) electrons. The normalized spacial score (nSPS) is 10.6. The Morgan fingerprint density at radius 2 is 1.87 bits per heavy atom. The van der Waals surface area contributed by atoms with Gasteiger partial charge in [-0.25, -0.2) is 4.39 Å². The number of likely N-dealkylation sites (N-methyl/N-ethyl adjacent to an activating group) is 1. The standard InChI is InChI=1S/C18H21FN2O2/c1-3-21(12-14-8-4-5-9-15(14)19)13-18(22)20-16-10-6-7-11-17(16)23-2/h4-11H,3,12-13H2,1-2H3,(H,20,22). The second-order valence-electron chi connectivity index (χ2n) is 5.14. The average molecular weight is 316 g/mol. The third-order valence-corrected chi connectivity index (χ3v) is 3.55. The lowest BCUT2D eigenvalue weighted by molar-refractivity contribution is -0.117. The van der Waals surface area contributed by atoms with E-state index in [1.165, 1.54) is 6.07 Å². The maximum atomic E-state index is 13.7. The number of methoxy groups -OCH3 is 1. The SMILES string of the molecule is CCN(CC(=O)Nc1ccccc1OC)Cc1ccccc1F. The smallest absolute Gasteiger partial charge is 0.238 e. The van der Waals surface area contributed by atoms with E-state index in [2.05, 4.69) is 5.32 Å². The van der Waals surface area contributed by atoms with Crippen molar-refractivity contribution in [2.24, 2.45) is 0 Å². The number of para-hydroxylation sites is 2. The van der Waals surface area contributed by atoms with E-state index in [4.69, 9.17) is 4.74 Å². The number of halogens is 1. The van der Waals surface area contributed by atoms with Crippen molar-refractivity contribution in [2.75, 3.05) is 25.5 Å². The van der Waals surface area contributed by atoms with Gasteiger partial charge in [0.05, 0.1) is 19.3 Å². The molecule has 0 aliphatic carbocycles. The molecule has 5 heteroatoms. The fraction of sp³-hybridized carbons (Fsp3) is 0.278. The summed E-state index contributed by atoms with van der Waals surface area (Å²) >= 11 is 0. The first-order chi connectivity index (χ1) is 11.1. The molecule has 0 atom stereocenters. The first kappa shape index (κ1) is 17.0. The summed E-state index contributed by atoms with van der Waals surface area (Å²) in [4.78, 5) is 14.1. The minimum absolute atomic E-state index is 0.160. The van der Waals surface area contributed by atoms with Gasteiger partial charge in [0.15, 0.2) is 0 Å². The maximum absolute atomic E-state index is 13.7. The number of ether oxygens (including phenoxy) is 1. The average Bonchev–Trinajstić information content (AvgIpc) is 2.56. The van der Waals surface area contributed by atoms with Crippen LogP contribution in [-0.2, 0) is 11.3 Å². The van der Waals surface area contributed by atoms with Crippen molar-refractivity contribution >= 4 is 11.6 Å². The highest BCUT2D eigenvalue weighted by molar-refractivity contribution is 5.93. The van der Waals surface area contributed by atoms with E-state index in [1.807, 2.05) is 24.0 Å². The van der Waals surface area contributed by atoms with Crippen molar-refractivity contribution in [1.29, 1.82) is 0 Å². The van der Waals surface area contributed by atoms with Gasteiger partial charge >= 0.3 is 0 Å². The summed E-state index contributed by atoms with van der Waals surface area (Å²) in [6, 6.07) is 13.8. The highest BCUT2D eigenvalue weighted by atomic mass is 19.1. The molecule has 0 saturated carbocycles. The molecule has 4 nitrogen and oxygen atoms in total. The summed E-state index contributed by atoms with van der Waals surface area (Å²) in [5.74, 6) is 0.196. The molecule has 0 bridgehead atoms. The van der Waals surface area contributed by atoms with Crippen molar-refractivity contribution in [3.05, 3.63) is 59.9 Å². The summed E-state index contributed by atoms with van der Waals surface area (Å²) < 4.78 is 18.9. The number of nitrogens with zero attached hydrogens (tertiary/aromatic N) is 1. The molecule has 2 aromatic rings. The number of anilines is 1. The maximum Gasteiger partial charge on any atom is 0.238 e. The molecule has 1 N–H and O–H groups in total. The first-order valence-corrected chi connectivity index (χ1v) is 7.52. The van der Waals surface area contributed by atoms with Crippen LogP contribution in [0, 0.1) is 5.82 Å². The van der Waals surface area contributed by atoms with Crippen LogP contribution in [0.15, 0.2) is 48.5 Å². The van der Waals surface area contributed by atoms with Gasteiger partial charge in [-0.2, -0.15) is 0 Å². The molecule has 122 valence electrons. The Morgan fingerprint density at radius 1 is 1.17 bits per heavy atom. The predicted molar refractivity (Wildman–Crippen MR) is 89.0 cm³/mol. The number of nitrogens with one attached hydrogen (secondary N) is 1. The summed E-state index contributed by atoms with van der Waals surface area (Å²) in [7, 11) is 1.56. The summed E-state index contributed by atoms with van der Waals surface area (Å²) in [5, 5.41) is 2.83. The number of rotatable bonds is 7. The van der Waals surface area contributed by atoms with Crippen molar-refractivity contribution in [2.45, 2.75) is 13.5 Å². The summed E-state index contributed by atoms with van der Waals surface area (Å²) in [5.41, 5.74) is 1.21. The molecule has 0 saturated heterocycles. The Hall–Kier alpha value is -2.40. The van der Waals surface area contributed by atoms with Gasteiger partial charge in [-0.1, -0.05) is 37.3 Å². The van der Waals surface area contributed by atoms with Crippen molar-refractivity contribution < 1.29 is 13.9 Å². The number of benzene rings is 2.